The largest absolute Gasteiger partial charge is 0.376 e. The molecule has 10 heteroatoms. The minimum absolute atomic E-state index is 0.0389. The molecule has 9 nitrogen and oxygen atoms in total. The summed E-state index contributed by atoms with van der Waals surface area (Å²) in [4.78, 5) is 43.7. The normalized spacial score (nSPS) is 24.7. The first-order valence-electron chi connectivity index (χ1n) is 12.2. The van der Waals surface area contributed by atoms with Gasteiger partial charge in [0.1, 0.15) is 18.0 Å². The molecule has 0 aromatic heterocycles. The number of benzene rings is 2. The first kappa shape index (κ1) is 24.2. The number of likely N-dealkylation sites (N-methyl/N-ethyl adjacent to an activating group) is 1. The Balaban J connectivity index is 1.43. The third kappa shape index (κ3) is 4.78. The van der Waals surface area contributed by atoms with Gasteiger partial charge in [0, 0.05) is 26.7 Å². The van der Waals surface area contributed by atoms with E-state index in [-0.39, 0.29) is 43.4 Å². The van der Waals surface area contributed by atoms with Crippen molar-refractivity contribution < 1.29 is 23.5 Å². The van der Waals surface area contributed by atoms with Crippen LogP contribution in [0.15, 0.2) is 54.6 Å². The van der Waals surface area contributed by atoms with Crippen LogP contribution < -0.4 is 5.32 Å². The van der Waals surface area contributed by atoms with Crippen molar-refractivity contribution in [1.29, 1.82) is 0 Å². The minimum Gasteiger partial charge on any atom is -0.376 e. The number of carbonyl (C=O) groups excluding carboxylic acids is 3. The van der Waals surface area contributed by atoms with E-state index in [1.807, 2.05) is 30.3 Å². The molecule has 3 aliphatic heterocycles. The number of carbonyl (C=O) groups is 3. The van der Waals surface area contributed by atoms with Crippen LogP contribution in [-0.4, -0.2) is 83.2 Å². The van der Waals surface area contributed by atoms with Gasteiger partial charge in [0.05, 0.1) is 19.2 Å². The highest BCUT2D eigenvalue weighted by atomic mass is 19.1. The molecule has 3 fully saturated rings. The third-order valence-electron chi connectivity index (χ3n) is 6.96. The molecule has 190 valence electrons. The van der Waals surface area contributed by atoms with E-state index in [0.717, 1.165) is 18.4 Å². The summed E-state index contributed by atoms with van der Waals surface area (Å²) in [7, 11) is 1.69. The fourth-order valence-corrected chi connectivity index (χ4v) is 5.21. The molecule has 2 aromatic carbocycles. The van der Waals surface area contributed by atoms with Crippen molar-refractivity contribution in [1.82, 2.24) is 25.1 Å². The minimum atomic E-state index is -0.833. The molecule has 3 heterocycles. The van der Waals surface area contributed by atoms with Crippen LogP contribution in [0.5, 0.6) is 0 Å². The third-order valence-corrected chi connectivity index (χ3v) is 6.96. The molecular weight excluding hydrogens is 465 g/mol. The Morgan fingerprint density at radius 3 is 2.56 bits per heavy atom. The second-order valence-electron chi connectivity index (χ2n) is 9.42. The molecule has 5 rings (SSSR count). The van der Waals surface area contributed by atoms with Gasteiger partial charge in [-0.1, -0.05) is 42.5 Å². The summed E-state index contributed by atoms with van der Waals surface area (Å²) in [6.45, 7) is 1.43. The van der Waals surface area contributed by atoms with Gasteiger partial charge < -0.3 is 19.9 Å². The number of piperazine rings is 1. The number of urea groups is 1. The number of nitrogens with zero attached hydrogens (tertiary/aromatic N) is 4. The molecule has 4 amide bonds. The van der Waals surface area contributed by atoms with Gasteiger partial charge in [-0.25, -0.2) is 19.2 Å². The molecule has 2 aromatic rings. The lowest BCUT2D eigenvalue weighted by atomic mass is 9.98. The van der Waals surface area contributed by atoms with Crippen LogP contribution in [0.3, 0.4) is 0 Å². The van der Waals surface area contributed by atoms with Gasteiger partial charge in [-0.15, -0.1) is 0 Å². The molecule has 0 aliphatic carbocycles. The number of fused-ring (bicyclic) bond motifs is 1. The number of hydrazine groups is 1. The van der Waals surface area contributed by atoms with E-state index < -0.39 is 18.2 Å². The summed E-state index contributed by atoms with van der Waals surface area (Å²) in [5.74, 6) is -0.735. The molecule has 0 bridgehead atoms. The molecule has 1 unspecified atom stereocenters. The van der Waals surface area contributed by atoms with Crippen molar-refractivity contribution in [2.24, 2.45) is 0 Å². The molecule has 36 heavy (non-hydrogen) atoms. The summed E-state index contributed by atoms with van der Waals surface area (Å²) in [6, 6.07) is 13.9. The Morgan fingerprint density at radius 1 is 1.11 bits per heavy atom. The zero-order valence-electron chi connectivity index (χ0n) is 20.2. The van der Waals surface area contributed by atoms with Crippen LogP contribution in [0.25, 0.3) is 0 Å². The lowest BCUT2D eigenvalue weighted by Crippen LogP contribution is -2.74. The van der Waals surface area contributed by atoms with Gasteiger partial charge in [0.15, 0.2) is 0 Å². The van der Waals surface area contributed by atoms with E-state index in [4.69, 9.17) is 4.74 Å². The van der Waals surface area contributed by atoms with Crippen LogP contribution >= 0.6 is 0 Å². The Kier molecular flexibility index (Phi) is 6.88. The van der Waals surface area contributed by atoms with Crippen molar-refractivity contribution in [3.8, 4) is 0 Å². The van der Waals surface area contributed by atoms with Crippen LogP contribution in [-0.2, 0) is 20.9 Å². The molecular formula is C26H30FN5O4. The van der Waals surface area contributed by atoms with Gasteiger partial charge >= 0.3 is 6.03 Å². The van der Waals surface area contributed by atoms with Crippen LogP contribution in [0.2, 0.25) is 0 Å². The zero-order valence-corrected chi connectivity index (χ0v) is 20.2. The van der Waals surface area contributed by atoms with Gasteiger partial charge in [-0.05, 0) is 36.1 Å². The zero-order chi connectivity index (χ0) is 25.2. The Morgan fingerprint density at radius 2 is 1.86 bits per heavy atom. The molecule has 0 spiro atoms. The smallest absolute Gasteiger partial charge is 0.334 e. The highest BCUT2D eigenvalue weighted by Gasteiger charge is 2.51. The molecule has 0 radical (unpaired) electrons. The Labute approximate surface area is 209 Å². The fourth-order valence-electron chi connectivity index (χ4n) is 5.21. The lowest BCUT2D eigenvalue weighted by Gasteiger charge is -2.54. The maximum atomic E-state index is 13.7. The van der Waals surface area contributed by atoms with Crippen molar-refractivity contribution >= 4 is 17.8 Å². The number of halogens is 1. The second-order valence-corrected chi connectivity index (χ2v) is 9.42. The first-order chi connectivity index (χ1) is 17.4. The van der Waals surface area contributed by atoms with Crippen molar-refractivity contribution in [2.75, 3.05) is 33.3 Å². The average molecular weight is 496 g/mol. The number of amides is 4. The van der Waals surface area contributed by atoms with Gasteiger partial charge in [-0.3, -0.25) is 9.59 Å². The number of nitrogens with one attached hydrogen (secondary N) is 1. The van der Waals surface area contributed by atoms with E-state index in [1.54, 1.807) is 34.0 Å². The highest BCUT2D eigenvalue weighted by molar-refractivity contribution is 5.92. The summed E-state index contributed by atoms with van der Waals surface area (Å²) in [5.41, 5.74) is 1.45. The number of hydrogen-bond acceptors (Lipinski definition) is 5. The molecule has 3 atom stereocenters. The van der Waals surface area contributed by atoms with E-state index in [1.165, 1.54) is 17.1 Å². The van der Waals surface area contributed by atoms with Gasteiger partial charge in [0.2, 0.25) is 11.8 Å². The molecule has 1 N–H and O–H groups in total. The number of ether oxygens (including phenoxy) is 1. The van der Waals surface area contributed by atoms with Crippen LogP contribution in [0, 0.1) is 5.82 Å². The van der Waals surface area contributed by atoms with Gasteiger partial charge in [0.25, 0.3) is 0 Å². The maximum Gasteiger partial charge on any atom is 0.334 e. The summed E-state index contributed by atoms with van der Waals surface area (Å²) >= 11 is 0. The topological polar surface area (TPSA) is 85.4 Å². The van der Waals surface area contributed by atoms with Crippen molar-refractivity contribution in [3.05, 3.63) is 71.5 Å². The Bertz CT molecular complexity index is 1110. The molecule has 3 saturated heterocycles. The van der Waals surface area contributed by atoms with Crippen LogP contribution in [0.1, 0.15) is 30.0 Å². The predicted molar refractivity (Wildman–Crippen MR) is 128 cm³/mol. The first-order valence-corrected chi connectivity index (χ1v) is 12.2. The van der Waals surface area contributed by atoms with Gasteiger partial charge in [-0.2, -0.15) is 0 Å². The second kappa shape index (κ2) is 10.2. The SMILES string of the molecule is CN1CC(=O)N2[C@@H](c3ccccc3)C(=O)N(CC3CCCO3)C[C@@H]2N1C(=O)NCc1ccc(F)cc1. The summed E-state index contributed by atoms with van der Waals surface area (Å²) in [6.07, 6.45) is 1.07. The van der Waals surface area contributed by atoms with Crippen LogP contribution in [0.4, 0.5) is 9.18 Å². The average Bonchev–Trinajstić information content (AvgIpc) is 3.38. The Hall–Kier alpha value is -3.50. The van der Waals surface area contributed by atoms with E-state index in [0.29, 0.717) is 18.7 Å². The number of hydrogen-bond donors (Lipinski definition) is 1. The lowest BCUT2D eigenvalue weighted by molar-refractivity contribution is -0.188. The standard InChI is InChI=1S/C26H30FN5O4/c1-29-17-23(33)31-22(32(29)26(35)28-14-18-9-11-20(27)12-10-18)16-30(15-21-8-5-13-36-21)25(34)24(31)19-6-3-2-4-7-19/h2-4,6-7,9-12,21-22,24H,5,8,13-17H2,1H3,(H,28,35)/t21?,22-,24-/m0/s1. The predicted octanol–water partition coefficient (Wildman–Crippen LogP) is 2.11. The fraction of sp³-hybridized carbons (Fsp3) is 0.423. The maximum absolute atomic E-state index is 13.7. The quantitative estimate of drug-likeness (QED) is 0.687. The van der Waals surface area contributed by atoms with Crippen molar-refractivity contribution in [2.45, 2.75) is 37.7 Å². The molecule has 3 aliphatic rings. The summed E-state index contributed by atoms with van der Waals surface area (Å²) < 4.78 is 19.0. The van der Waals surface area contributed by atoms with E-state index in [2.05, 4.69) is 5.32 Å². The van der Waals surface area contributed by atoms with E-state index in [9.17, 15) is 18.8 Å². The van der Waals surface area contributed by atoms with Crippen molar-refractivity contribution in [3.63, 3.8) is 0 Å². The highest BCUT2D eigenvalue weighted by Crippen LogP contribution is 2.35. The summed E-state index contributed by atoms with van der Waals surface area (Å²) in [5, 5.41) is 5.98. The monoisotopic (exact) mass is 495 g/mol. The van der Waals surface area contributed by atoms with E-state index >= 15 is 0 Å². The number of rotatable bonds is 5. The molecule has 0 saturated carbocycles.